The van der Waals surface area contributed by atoms with Crippen molar-refractivity contribution in [1.82, 2.24) is 9.71 Å². The minimum absolute atomic E-state index is 0.0961. The highest BCUT2D eigenvalue weighted by atomic mass is 35.5. The molecule has 0 bridgehead atoms. The molecule has 0 atom stereocenters. The number of aromatic nitrogens is 1. The Morgan fingerprint density at radius 2 is 1.77 bits per heavy atom. The Morgan fingerprint density at radius 3 is 2.52 bits per heavy atom. The number of hydrogen-bond donors (Lipinski definition) is 2. The Balaban J connectivity index is 1.41. The summed E-state index contributed by atoms with van der Waals surface area (Å²) in [6, 6.07) is 13.0. The van der Waals surface area contributed by atoms with Gasteiger partial charge in [0.2, 0.25) is 10.0 Å². The van der Waals surface area contributed by atoms with Gasteiger partial charge in [-0.05, 0) is 74.6 Å². The highest BCUT2D eigenvalue weighted by Gasteiger charge is 2.27. The molecule has 31 heavy (non-hydrogen) atoms. The first kappa shape index (κ1) is 21.9. The fourth-order valence-electron chi connectivity index (χ4n) is 4.10. The standard InChI is InChI=1S/C23H26ClN3O3S/c1-15-3-10-22(30-2)23(13-15)31(28,29)27-18-7-5-17(6-8-18)26-20-11-12-25-21-14-16(24)4-9-19(20)21/h3-4,9-14,17-18,27H,5-8H2,1-2H3,(H,25,26)/t17-,18+. The Hall–Kier alpha value is -2.35. The average molecular weight is 460 g/mol. The molecular formula is C23H26ClN3O3S. The summed E-state index contributed by atoms with van der Waals surface area (Å²) in [5, 5.41) is 5.29. The van der Waals surface area contributed by atoms with Gasteiger partial charge in [-0.1, -0.05) is 17.7 Å². The van der Waals surface area contributed by atoms with Gasteiger partial charge in [-0.15, -0.1) is 0 Å². The van der Waals surface area contributed by atoms with Gasteiger partial charge in [0.25, 0.3) is 0 Å². The van der Waals surface area contributed by atoms with Crippen LogP contribution in [0.3, 0.4) is 0 Å². The Morgan fingerprint density at radius 1 is 1.03 bits per heavy atom. The molecule has 0 spiro atoms. The van der Waals surface area contributed by atoms with Crippen molar-refractivity contribution >= 4 is 38.2 Å². The maximum Gasteiger partial charge on any atom is 0.244 e. The number of pyridine rings is 1. The fourth-order valence-corrected chi connectivity index (χ4v) is 5.82. The van der Waals surface area contributed by atoms with Crippen molar-refractivity contribution < 1.29 is 13.2 Å². The van der Waals surface area contributed by atoms with Crippen LogP contribution >= 0.6 is 11.6 Å². The van der Waals surface area contributed by atoms with Crippen molar-refractivity contribution in [2.75, 3.05) is 12.4 Å². The number of ether oxygens (including phenoxy) is 1. The molecule has 2 aromatic carbocycles. The number of aryl methyl sites for hydroxylation is 1. The molecule has 1 fully saturated rings. The zero-order chi connectivity index (χ0) is 22.0. The third-order valence-corrected chi connectivity index (χ3v) is 7.50. The van der Waals surface area contributed by atoms with Crippen molar-refractivity contribution in [2.24, 2.45) is 0 Å². The van der Waals surface area contributed by atoms with E-state index >= 15 is 0 Å². The summed E-state index contributed by atoms with van der Waals surface area (Å²) in [7, 11) is -2.17. The topological polar surface area (TPSA) is 80.3 Å². The zero-order valence-electron chi connectivity index (χ0n) is 17.6. The van der Waals surface area contributed by atoms with E-state index < -0.39 is 10.0 Å². The van der Waals surface area contributed by atoms with Crippen LogP contribution in [-0.4, -0.2) is 32.6 Å². The molecule has 1 aromatic heterocycles. The number of nitrogens with one attached hydrogen (secondary N) is 2. The summed E-state index contributed by atoms with van der Waals surface area (Å²) in [6.45, 7) is 1.87. The van der Waals surface area contributed by atoms with E-state index in [0.717, 1.165) is 47.8 Å². The smallest absolute Gasteiger partial charge is 0.244 e. The van der Waals surface area contributed by atoms with Gasteiger partial charge in [-0.25, -0.2) is 13.1 Å². The molecule has 6 nitrogen and oxygen atoms in total. The Labute approximate surface area is 188 Å². The van der Waals surface area contributed by atoms with Crippen LogP contribution < -0.4 is 14.8 Å². The largest absolute Gasteiger partial charge is 0.495 e. The van der Waals surface area contributed by atoms with Crippen molar-refractivity contribution in [3.63, 3.8) is 0 Å². The van der Waals surface area contributed by atoms with E-state index in [-0.39, 0.29) is 17.0 Å². The molecule has 3 aromatic rings. The zero-order valence-corrected chi connectivity index (χ0v) is 19.1. The summed E-state index contributed by atoms with van der Waals surface area (Å²) >= 11 is 6.08. The minimum Gasteiger partial charge on any atom is -0.495 e. The third kappa shape index (κ3) is 4.95. The first-order valence-corrected chi connectivity index (χ1v) is 12.2. The number of methoxy groups -OCH3 is 1. The fraction of sp³-hybridized carbons (Fsp3) is 0.348. The molecule has 0 amide bonds. The van der Waals surface area contributed by atoms with Gasteiger partial charge in [0.15, 0.2) is 0 Å². The van der Waals surface area contributed by atoms with Crippen molar-refractivity contribution in [3.8, 4) is 5.75 Å². The van der Waals surface area contributed by atoms with Gasteiger partial charge in [0, 0.05) is 34.4 Å². The SMILES string of the molecule is COc1ccc(C)cc1S(=O)(=O)N[C@H]1CC[C@@H](Nc2ccnc3cc(Cl)ccc23)CC1. The van der Waals surface area contributed by atoms with Gasteiger partial charge in [-0.3, -0.25) is 4.98 Å². The number of sulfonamides is 1. The van der Waals surface area contributed by atoms with Gasteiger partial charge in [0.05, 0.1) is 12.6 Å². The summed E-state index contributed by atoms with van der Waals surface area (Å²) in [6.07, 6.45) is 5.04. The Kier molecular flexibility index (Phi) is 6.36. The van der Waals surface area contributed by atoms with Crippen LogP contribution in [0.2, 0.25) is 5.02 Å². The van der Waals surface area contributed by atoms with Crippen LogP contribution in [0.1, 0.15) is 31.2 Å². The van der Waals surface area contributed by atoms with Gasteiger partial charge < -0.3 is 10.1 Å². The van der Waals surface area contributed by atoms with Crippen LogP contribution in [0.25, 0.3) is 10.9 Å². The lowest BCUT2D eigenvalue weighted by Gasteiger charge is -2.30. The summed E-state index contributed by atoms with van der Waals surface area (Å²) in [5.74, 6) is 0.359. The van der Waals surface area contributed by atoms with E-state index in [2.05, 4.69) is 15.0 Å². The van der Waals surface area contributed by atoms with Crippen LogP contribution in [0, 0.1) is 6.92 Å². The lowest BCUT2D eigenvalue weighted by atomic mass is 9.91. The lowest BCUT2D eigenvalue weighted by molar-refractivity contribution is 0.383. The maximum atomic E-state index is 13.0. The van der Waals surface area contributed by atoms with Crippen molar-refractivity contribution in [1.29, 1.82) is 0 Å². The molecule has 0 radical (unpaired) electrons. The van der Waals surface area contributed by atoms with Gasteiger partial charge in [0.1, 0.15) is 10.6 Å². The monoisotopic (exact) mass is 459 g/mol. The first-order chi connectivity index (χ1) is 14.9. The van der Waals surface area contributed by atoms with E-state index in [9.17, 15) is 8.42 Å². The number of nitrogens with zero attached hydrogens (tertiary/aromatic N) is 1. The van der Waals surface area contributed by atoms with E-state index in [1.165, 1.54) is 7.11 Å². The van der Waals surface area contributed by atoms with Crippen LogP contribution in [0.4, 0.5) is 5.69 Å². The maximum absolute atomic E-state index is 13.0. The van der Waals surface area contributed by atoms with E-state index in [4.69, 9.17) is 16.3 Å². The molecule has 164 valence electrons. The molecule has 1 saturated carbocycles. The minimum atomic E-state index is -3.65. The summed E-state index contributed by atoms with van der Waals surface area (Å²) in [5.41, 5.74) is 2.75. The van der Waals surface area contributed by atoms with Crippen molar-refractivity contribution in [2.45, 2.75) is 49.6 Å². The van der Waals surface area contributed by atoms with Crippen LogP contribution in [0.15, 0.2) is 53.6 Å². The highest BCUT2D eigenvalue weighted by Crippen LogP contribution is 2.30. The van der Waals surface area contributed by atoms with Crippen LogP contribution in [-0.2, 0) is 10.0 Å². The molecule has 0 aliphatic heterocycles. The van der Waals surface area contributed by atoms with E-state index in [1.807, 2.05) is 37.3 Å². The Bertz CT molecular complexity index is 1190. The second-order valence-corrected chi connectivity index (χ2v) is 10.1. The molecule has 2 N–H and O–H groups in total. The molecule has 0 unspecified atom stereocenters. The normalized spacial score (nSPS) is 19.3. The molecule has 1 aliphatic carbocycles. The van der Waals surface area contributed by atoms with Gasteiger partial charge in [-0.2, -0.15) is 0 Å². The number of benzene rings is 2. The number of anilines is 1. The highest BCUT2D eigenvalue weighted by molar-refractivity contribution is 7.89. The predicted octanol–water partition coefficient (Wildman–Crippen LogP) is 4.91. The third-order valence-electron chi connectivity index (χ3n) is 5.72. The quantitative estimate of drug-likeness (QED) is 0.547. The van der Waals surface area contributed by atoms with E-state index in [0.29, 0.717) is 10.8 Å². The molecule has 1 heterocycles. The second-order valence-electron chi connectivity index (χ2n) is 7.99. The summed E-state index contributed by atoms with van der Waals surface area (Å²) < 4.78 is 34.0. The average Bonchev–Trinajstić information content (AvgIpc) is 2.75. The molecule has 0 saturated heterocycles. The lowest BCUT2D eigenvalue weighted by Crippen LogP contribution is -2.40. The molecule has 4 rings (SSSR count). The van der Waals surface area contributed by atoms with Crippen molar-refractivity contribution in [3.05, 3.63) is 59.2 Å². The van der Waals surface area contributed by atoms with Gasteiger partial charge >= 0.3 is 0 Å². The molecule has 1 aliphatic rings. The van der Waals surface area contributed by atoms with E-state index in [1.54, 1.807) is 18.3 Å². The number of rotatable bonds is 6. The summed E-state index contributed by atoms with van der Waals surface area (Å²) in [4.78, 5) is 4.58. The number of halogens is 1. The first-order valence-electron chi connectivity index (χ1n) is 10.3. The molecular weight excluding hydrogens is 434 g/mol. The number of hydrogen-bond acceptors (Lipinski definition) is 5. The number of fused-ring (bicyclic) bond motifs is 1. The predicted molar refractivity (Wildman–Crippen MR) is 124 cm³/mol. The second kappa shape index (κ2) is 9.02. The molecule has 8 heteroatoms. The van der Waals surface area contributed by atoms with Crippen LogP contribution in [0.5, 0.6) is 5.75 Å².